The van der Waals surface area contributed by atoms with Gasteiger partial charge in [-0.05, 0) is 43.6 Å². The van der Waals surface area contributed by atoms with Crippen molar-refractivity contribution >= 4 is 21.7 Å². The molecular formula is C22H45N3O5S. The lowest BCUT2D eigenvalue weighted by Gasteiger charge is -2.29. The maximum absolute atomic E-state index is 13.1. The van der Waals surface area contributed by atoms with Gasteiger partial charge in [0.15, 0.2) is 0 Å². The number of carbonyl (C=O) groups is 2. The number of amides is 2. The first-order chi connectivity index (χ1) is 14.2. The number of hydrogen-bond acceptors (Lipinski definition) is 6. The Kier molecular flexibility index (Phi) is 13.5. The third-order valence-corrected chi connectivity index (χ3v) is 5.75. The molecule has 0 aliphatic rings. The third kappa shape index (κ3) is 13.7. The van der Waals surface area contributed by atoms with Crippen LogP contribution in [0.15, 0.2) is 0 Å². The molecule has 2 amide bonds. The van der Waals surface area contributed by atoms with Crippen molar-refractivity contribution in [2.45, 2.75) is 92.0 Å². The topological polar surface area (TPSA) is 125 Å². The maximum atomic E-state index is 13.1. The summed E-state index contributed by atoms with van der Waals surface area (Å²) < 4.78 is 23.3. The molecule has 4 atom stereocenters. The van der Waals surface area contributed by atoms with Crippen LogP contribution in [0.25, 0.3) is 0 Å². The molecule has 0 saturated heterocycles. The predicted molar refractivity (Wildman–Crippen MR) is 125 cm³/mol. The summed E-state index contributed by atoms with van der Waals surface area (Å²) in [5.41, 5.74) is 0. The summed E-state index contributed by atoms with van der Waals surface area (Å²) in [5.74, 6) is -0.449. The second-order valence-corrected chi connectivity index (χ2v) is 12.0. The number of aliphatic hydroxyl groups is 1. The molecule has 0 spiro atoms. The molecule has 31 heavy (non-hydrogen) atoms. The highest BCUT2D eigenvalue weighted by Gasteiger charge is 2.31. The van der Waals surface area contributed by atoms with E-state index in [0.717, 1.165) is 6.26 Å². The van der Waals surface area contributed by atoms with Crippen molar-refractivity contribution in [1.29, 1.82) is 0 Å². The molecule has 184 valence electrons. The molecule has 0 aromatic carbocycles. The minimum absolute atomic E-state index is 0.141. The van der Waals surface area contributed by atoms with Gasteiger partial charge in [-0.1, -0.05) is 48.5 Å². The van der Waals surface area contributed by atoms with Gasteiger partial charge in [-0.3, -0.25) is 9.59 Å². The van der Waals surface area contributed by atoms with Crippen LogP contribution in [0, 0.1) is 17.8 Å². The van der Waals surface area contributed by atoms with Crippen LogP contribution in [0.2, 0.25) is 0 Å². The molecule has 0 heterocycles. The smallest absolute Gasteiger partial charge is 0.242 e. The average Bonchev–Trinajstić information content (AvgIpc) is 2.57. The lowest BCUT2D eigenvalue weighted by Crippen LogP contribution is -2.56. The first kappa shape index (κ1) is 29.8. The van der Waals surface area contributed by atoms with E-state index >= 15 is 0 Å². The monoisotopic (exact) mass is 463 g/mol. The number of likely N-dealkylation sites (N-methyl/N-ethyl adjacent to an activating group) is 1. The van der Waals surface area contributed by atoms with Crippen molar-refractivity contribution < 1.29 is 23.1 Å². The zero-order chi connectivity index (χ0) is 24.4. The molecule has 9 heteroatoms. The van der Waals surface area contributed by atoms with Gasteiger partial charge in [0.1, 0.15) is 15.9 Å². The average molecular weight is 464 g/mol. The molecule has 0 aliphatic heterocycles. The molecule has 4 N–H and O–H groups in total. The standard InChI is InChI=1S/C22H45N3O5S/c1-9-23-18(11-15(4)5)21(27)25-19(12-16(6)7)22(28)24-17(10-14(2)3)20(26)13-31(8,29)30/h14-20,23,26H,9-13H2,1-8H3,(H,24,28)(H,25,27)/t17-,18-,19-,20-/m0/s1. The third-order valence-electron chi connectivity index (χ3n) is 4.81. The van der Waals surface area contributed by atoms with Crippen molar-refractivity contribution in [1.82, 2.24) is 16.0 Å². The Balaban J connectivity index is 5.48. The number of carbonyl (C=O) groups excluding carboxylic acids is 2. The van der Waals surface area contributed by atoms with Gasteiger partial charge in [-0.15, -0.1) is 0 Å². The Morgan fingerprint density at radius 2 is 1.26 bits per heavy atom. The van der Waals surface area contributed by atoms with Crippen LogP contribution in [0.3, 0.4) is 0 Å². The van der Waals surface area contributed by atoms with Gasteiger partial charge in [-0.25, -0.2) is 8.42 Å². The molecule has 0 bridgehead atoms. The molecule has 0 saturated carbocycles. The van der Waals surface area contributed by atoms with Crippen molar-refractivity contribution in [2.24, 2.45) is 17.8 Å². The van der Waals surface area contributed by atoms with Gasteiger partial charge >= 0.3 is 0 Å². The Hall–Kier alpha value is -1.19. The number of rotatable bonds is 15. The lowest BCUT2D eigenvalue weighted by molar-refractivity contribution is -0.131. The first-order valence-electron chi connectivity index (χ1n) is 11.4. The van der Waals surface area contributed by atoms with E-state index in [1.165, 1.54) is 0 Å². The molecule has 0 unspecified atom stereocenters. The van der Waals surface area contributed by atoms with E-state index in [1.54, 1.807) is 0 Å². The fourth-order valence-electron chi connectivity index (χ4n) is 3.51. The van der Waals surface area contributed by atoms with E-state index in [1.807, 2.05) is 48.5 Å². The second kappa shape index (κ2) is 14.1. The van der Waals surface area contributed by atoms with Crippen molar-refractivity contribution in [2.75, 3.05) is 18.6 Å². The Morgan fingerprint density at radius 1 is 0.806 bits per heavy atom. The van der Waals surface area contributed by atoms with E-state index < -0.39 is 45.7 Å². The van der Waals surface area contributed by atoms with Crippen LogP contribution in [0.5, 0.6) is 0 Å². The molecule has 8 nitrogen and oxygen atoms in total. The zero-order valence-corrected chi connectivity index (χ0v) is 21.4. The van der Waals surface area contributed by atoms with Crippen LogP contribution < -0.4 is 16.0 Å². The summed E-state index contributed by atoms with van der Waals surface area (Å²) in [6.07, 6.45) is 1.36. The van der Waals surface area contributed by atoms with Gasteiger partial charge in [0.25, 0.3) is 0 Å². The summed E-state index contributed by atoms with van der Waals surface area (Å²) >= 11 is 0. The molecule has 0 radical (unpaired) electrons. The van der Waals surface area contributed by atoms with E-state index in [9.17, 15) is 23.1 Å². The maximum Gasteiger partial charge on any atom is 0.242 e. The highest BCUT2D eigenvalue weighted by atomic mass is 32.2. The largest absolute Gasteiger partial charge is 0.390 e. The van der Waals surface area contributed by atoms with Crippen LogP contribution in [-0.2, 0) is 19.4 Å². The molecule has 0 aromatic heterocycles. The molecule has 0 aromatic rings. The zero-order valence-electron chi connectivity index (χ0n) is 20.6. The highest BCUT2D eigenvalue weighted by Crippen LogP contribution is 2.13. The van der Waals surface area contributed by atoms with E-state index in [-0.39, 0.29) is 17.7 Å². The Morgan fingerprint density at radius 3 is 1.68 bits per heavy atom. The molecule has 0 aliphatic carbocycles. The Labute approximate surface area is 189 Å². The van der Waals surface area contributed by atoms with Gasteiger partial charge in [-0.2, -0.15) is 0 Å². The summed E-state index contributed by atoms with van der Waals surface area (Å²) in [6.45, 7) is 14.4. The fraction of sp³-hybridized carbons (Fsp3) is 0.909. The summed E-state index contributed by atoms with van der Waals surface area (Å²) in [6, 6.07) is -1.87. The SMILES string of the molecule is CCN[C@@H](CC(C)C)C(=O)N[C@@H](CC(C)C)C(=O)N[C@@H](CC(C)C)[C@@H](O)CS(C)(=O)=O. The van der Waals surface area contributed by atoms with Crippen LogP contribution in [-0.4, -0.2) is 68.1 Å². The number of nitrogens with one attached hydrogen (secondary N) is 3. The van der Waals surface area contributed by atoms with Gasteiger partial charge in [0.2, 0.25) is 11.8 Å². The number of hydrogen-bond donors (Lipinski definition) is 4. The van der Waals surface area contributed by atoms with E-state index in [0.29, 0.717) is 31.7 Å². The Bertz CT molecular complexity index is 650. The molecule has 0 rings (SSSR count). The van der Waals surface area contributed by atoms with Crippen LogP contribution in [0.4, 0.5) is 0 Å². The minimum atomic E-state index is -3.41. The minimum Gasteiger partial charge on any atom is -0.390 e. The summed E-state index contributed by atoms with van der Waals surface area (Å²) in [7, 11) is -3.41. The quantitative estimate of drug-likeness (QED) is 0.292. The molecule has 0 fully saturated rings. The van der Waals surface area contributed by atoms with E-state index in [2.05, 4.69) is 16.0 Å². The number of sulfone groups is 1. The van der Waals surface area contributed by atoms with Gasteiger partial charge < -0.3 is 21.1 Å². The summed E-state index contributed by atoms with van der Waals surface area (Å²) in [4.78, 5) is 25.9. The second-order valence-electron chi connectivity index (χ2n) is 9.83. The van der Waals surface area contributed by atoms with Crippen molar-refractivity contribution in [3.8, 4) is 0 Å². The normalized spacial score (nSPS) is 16.3. The van der Waals surface area contributed by atoms with Crippen molar-refractivity contribution in [3.63, 3.8) is 0 Å². The van der Waals surface area contributed by atoms with Crippen molar-refractivity contribution in [3.05, 3.63) is 0 Å². The predicted octanol–water partition coefficient (Wildman–Crippen LogP) is 1.48. The first-order valence-corrected chi connectivity index (χ1v) is 13.4. The summed E-state index contributed by atoms with van der Waals surface area (Å²) in [5, 5.41) is 19.3. The lowest BCUT2D eigenvalue weighted by atomic mass is 9.97. The van der Waals surface area contributed by atoms with Crippen LogP contribution in [0.1, 0.15) is 67.7 Å². The highest BCUT2D eigenvalue weighted by molar-refractivity contribution is 7.90. The van der Waals surface area contributed by atoms with E-state index in [4.69, 9.17) is 0 Å². The fourth-order valence-corrected chi connectivity index (χ4v) is 4.36. The molecular weight excluding hydrogens is 418 g/mol. The van der Waals surface area contributed by atoms with Gasteiger partial charge in [0.05, 0.1) is 23.9 Å². The van der Waals surface area contributed by atoms with Gasteiger partial charge in [0, 0.05) is 6.26 Å². The van der Waals surface area contributed by atoms with Crippen LogP contribution >= 0.6 is 0 Å². The number of aliphatic hydroxyl groups excluding tert-OH is 1.